The van der Waals surface area contributed by atoms with Crippen molar-refractivity contribution in [3.8, 4) is 22.6 Å². The van der Waals surface area contributed by atoms with Crippen molar-refractivity contribution in [3.63, 3.8) is 0 Å². The zero-order valence-electron chi connectivity index (χ0n) is 34.9. The van der Waals surface area contributed by atoms with Crippen LogP contribution in [0.3, 0.4) is 0 Å². The first kappa shape index (κ1) is 36.5. The summed E-state index contributed by atoms with van der Waals surface area (Å²) in [5.41, 5.74) is 9.16. The van der Waals surface area contributed by atoms with E-state index in [0.29, 0.717) is 0 Å². The Morgan fingerprint density at radius 3 is 1.66 bits per heavy atom. The van der Waals surface area contributed by atoms with Crippen LogP contribution >= 0.6 is 22.7 Å². The van der Waals surface area contributed by atoms with Crippen LogP contribution in [0.15, 0.2) is 218 Å². The van der Waals surface area contributed by atoms with Gasteiger partial charge in [-0.1, -0.05) is 152 Å². The van der Waals surface area contributed by atoms with Crippen molar-refractivity contribution in [1.82, 2.24) is 0 Å². The summed E-state index contributed by atoms with van der Waals surface area (Å²) in [6.07, 6.45) is 0. The summed E-state index contributed by atoms with van der Waals surface area (Å²) in [4.78, 5) is 4.86. The van der Waals surface area contributed by atoms with Gasteiger partial charge in [0, 0.05) is 69.9 Å². The average molecular weight is 865 g/mol. The summed E-state index contributed by atoms with van der Waals surface area (Å²) in [6.45, 7) is 0. The SMILES string of the molecule is c1ccc(-c2cccc3c2sc2c(N(c4ccccc4)c4cc5ccc6cc(N(c7ccccc7)c7cccc8c7sc7ccccc78)cc7c6c5c5c(cccc45)O7)cccc23)cc1. The Balaban J connectivity index is 0.993. The van der Waals surface area contributed by atoms with Crippen LogP contribution < -0.4 is 14.5 Å². The van der Waals surface area contributed by atoms with Gasteiger partial charge in [0.1, 0.15) is 11.5 Å². The van der Waals surface area contributed by atoms with Crippen molar-refractivity contribution in [2.24, 2.45) is 0 Å². The van der Waals surface area contributed by atoms with E-state index in [2.05, 4.69) is 228 Å². The van der Waals surface area contributed by atoms with Gasteiger partial charge in [0.25, 0.3) is 0 Å². The maximum atomic E-state index is 7.15. The lowest BCUT2D eigenvalue weighted by atomic mass is 9.91. The lowest BCUT2D eigenvalue weighted by molar-refractivity contribution is 0.493. The molecule has 14 rings (SSSR count). The molecule has 0 saturated carbocycles. The maximum Gasteiger partial charge on any atom is 0.138 e. The largest absolute Gasteiger partial charge is 0.456 e. The molecule has 0 unspecified atom stereocenters. The van der Waals surface area contributed by atoms with Gasteiger partial charge in [0.05, 0.1) is 32.1 Å². The van der Waals surface area contributed by atoms with Crippen LogP contribution in [0.5, 0.6) is 11.5 Å². The van der Waals surface area contributed by atoms with E-state index in [-0.39, 0.29) is 0 Å². The minimum Gasteiger partial charge on any atom is -0.456 e. The minimum atomic E-state index is 0.865. The molecule has 1 aliphatic heterocycles. The highest BCUT2D eigenvalue weighted by Gasteiger charge is 2.28. The van der Waals surface area contributed by atoms with Crippen molar-refractivity contribution in [2.45, 2.75) is 0 Å². The molecule has 0 aliphatic carbocycles. The molecule has 3 heterocycles. The third-order valence-corrected chi connectivity index (χ3v) is 15.6. The molecule has 0 atom stereocenters. The van der Waals surface area contributed by atoms with E-state index in [1.807, 2.05) is 22.7 Å². The van der Waals surface area contributed by atoms with Gasteiger partial charge >= 0.3 is 0 Å². The van der Waals surface area contributed by atoms with E-state index in [1.165, 1.54) is 62.2 Å². The summed E-state index contributed by atoms with van der Waals surface area (Å²) in [7, 11) is 0. The summed E-state index contributed by atoms with van der Waals surface area (Å²) >= 11 is 3.74. The summed E-state index contributed by atoms with van der Waals surface area (Å²) < 4.78 is 12.3. The first-order valence-electron chi connectivity index (χ1n) is 22.0. The molecule has 0 fully saturated rings. The molecule has 0 N–H and O–H groups in total. The van der Waals surface area contributed by atoms with Crippen LogP contribution in [0.2, 0.25) is 0 Å². The molecule has 0 amide bonds. The number of fused-ring (bicyclic) bond motifs is 6. The number of rotatable bonds is 7. The molecule has 5 heteroatoms. The third kappa shape index (κ3) is 5.53. The smallest absolute Gasteiger partial charge is 0.138 e. The Morgan fingerprint density at radius 2 is 0.892 bits per heavy atom. The second-order valence-corrected chi connectivity index (χ2v) is 18.9. The van der Waals surface area contributed by atoms with Crippen LogP contribution in [0.4, 0.5) is 34.1 Å². The quantitative estimate of drug-likeness (QED) is 0.148. The lowest BCUT2D eigenvalue weighted by Gasteiger charge is -2.30. The average Bonchev–Trinajstić information content (AvgIpc) is 3.95. The molecular formula is C60H36N2OS2. The van der Waals surface area contributed by atoms with Crippen molar-refractivity contribution in [3.05, 3.63) is 218 Å². The molecule has 13 aromatic rings. The molecule has 3 nitrogen and oxygen atoms in total. The Hall–Kier alpha value is -7.96. The van der Waals surface area contributed by atoms with E-state index in [1.54, 1.807) is 0 Å². The molecule has 11 aromatic carbocycles. The fraction of sp³-hybridized carbons (Fsp3) is 0. The van der Waals surface area contributed by atoms with E-state index in [0.717, 1.165) is 67.2 Å². The highest BCUT2D eigenvalue weighted by molar-refractivity contribution is 7.27. The summed E-state index contributed by atoms with van der Waals surface area (Å²) in [5.74, 6) is 1.73. The van der Waals surface area contributed by atoms with Crippen LogP contribution in [0.1, 0.15) is 0 Å². The second-order valence-electron chi connectivity index (χ2n) is 16.8. The number of thiophene rings is 2. The zero-order valence-corrected chi connectivity index (χ0v) is 36.5. The number of hydrogen-bond donors (Lipinski definition) is 0. The standard InChI is InChI=1S/C60H36N2OS2/c1-4-16-37(17-5-1)43-23-12-24-46-47-26-14-29-50(60(47)65-58(43)46)62(41-20-8-3-9-21-41)51-35-39-33-32-38-34-42(36-53-55(38)56(39)57-48(51)27-15-30-52(57)63-53)61(40-18-6-2-7-19-40)49-28-13-25-45-44-22-10-11-31-54(44)64-59(45)49/h1-36H. The molecule has 304 valence electrons. The topological polar surface area (TPSA) is 15.7 Å². The van der Waals surface area contributed by atoms with Crippen molar-refractivity contribution >= 4 is 129 Å². The van der Waals surface area contributed by atoms with Gasteiger partial charge in [-0.2, -0.15) is 0 Å². The number of para-hydroxylation sites is 2. The van der Waals surface area contributed by atoms with Crippen LogP contribution in [-0.4, -0.2) is 0 Å². The summed E-state index contributed by atoms with van der Waals surface area (Å²) in [5, 5.41) is 12.1. The molecule has 1 aliphatic rings. The first-order chi connectivity index (χ1) is 32.2. The summed E-state index contributed by atoms with van der Waals surface area (Å²) in [6, 6.07) is 79.4. The molecule has 0 spiro atoms. The third-order valence-electron chi connectivity index (χ3n) is 13.1. The van der Waals surface area contributed by atoms with E-state index in [9.17, 15) is 0 Å². The highest BCUT2D eigenvalue weighted by Crippen LogP contribution is 2.55. The highest BCUT2D eigenvalue weighted by atomic mass is 32.1. The van der Waals surface area contributed by atoms with Gasteiger partial charge in [-0.15, -0.1) is 22.7 Å². The van der Waals surface area contributed by atoms with Crippen LogP contribution in [-0.2, 0) is 0 Å². The zero-order chi connectivity index (χ0) is 42.6. The Morgan fingerprint density at radius 1 is 0.323 bits per heavy atom. The van der Waals surface area contributed by atoms with Gasteiger partial charge in [-0.05, 0) is 82.6 Å². The monoisotopic (exact) mass is 864 g/mol. The minimum absolute atomic E-state index is 0.865. The molecule has 0 saturated heterocycles. The fourth-order valence-electron chi connectivity index (χ4n) is 10.4. The molecule has 0 bridgehead atoms. The second kappa shape index (κ2) is 14.3. The molecular weight excluding hydrogens is 829 g/mol. The number of nitrogens with zero attached hydrogens (tertiary/aromatic N) is 2. The molecule has 2 aromatic heterocycles. The molecule has 0 radical (unpaired) electrons. The number of benzene rings is 11. The Kier molecular flexibility index (Phi) is 8.02. The Bertz CT molecular complexity index is 4050. The van der Waals surface area contributed by atoms with E-state index >= 15 is 0 Å². The predicted octanol–water partition coefficient (Wildman–Crippen LogP) is 18.6. The van der Waals surface area contributed by atoms with Crippen LogP contribution in [0.25, 0.3) is 83.8 Å². The maximum absolute atomic E-state index is 7.15. The normalized spacial score (nSPS) is 12.1. The molecule has 65 heavy (non-hydrogen) atoms. The fourth-order valence-corrected chi connectivity index (χ4v) is 12.9. The van der Waals surface area contributed by atoms with Crippen molar-refractivity contribution < 1.29 is 4.74 Å². The van der Waals surface area contributed by atoms with Gasteiger partial charge in [-0.3, -0.25) is 0 Å². The number of anilines is 6. The lowest BCUT2D eigenvalue weighted by Crippen LogP contribution is -2.12. The van der Waals surface area contributed by atoms with Gasteiger partial charge < -0.3 is 14.5 Å². The number of hydrogen-bond acceptors (Lipinski definition) is 5. The van der Waals surface area contributed by atoms with Gasteiger partial charge in [-0.25, -0.2) is 0 Å². The van der Waals surface area contributed by atoms with Crippen molar-refractivity contribution in [1.29, 1.82) is 0 Å². The van der Waals surface area contributed by atoms with E-state index < -0.39 is 0 Å². The van der Waals surface area contributed by atoms with Gasteiger partial charge in [0.15, 0.2) is 0 Å². The van der Waals surface area contributed by atoms with E-state index in [4.69, 9.17) is 4.74 Å². The Labute approximate surface area is 382 Å². The van der Waals surface area contributed by atoms with Gasteiger partial charge in [0.2, 0.25) is 0 Å². The first-order valence-corrected chi connectivity index (χ1v) is 23.6. The van der Waals surface area contributed by atoms with Crippen molar-refractivity contribution in [2.75, 3.05) is 9.80 Å². The van der Waals surface area contributed by atoms with Crippen LogP contribution in [0, 0.1) is 0 Å². The predicted molar refractivity (Wildman–Crippen MR) is 280 cm³/mol. The number of ether oxygens (including phenoxy) is 1.